The van der Waals surface area contributed by atoms with E-state index in [1.54, 1.807) is 0 Å². The summed E-state index contributed by atoms with van der Waals surface area (Å²) in [4.78, 5) is 14.9. The molecule has 2 aromatic heterocycles. The van der Waals surface area contributed by atoms with Gasteiger partial charge < -0.3 is 4.57 Å². The molecule has 0 spiro atoms. The van der Waals surface area contributed by atoms with Gasteiger partial charge in [0.1, 0.15) is 5.82 Å². The molecule has 0 atom stereocenters. The Morgan fingerprint density at radius 1 is 0.442 bits per heavy atom. The van der Waals surface area contributed by atoms with Crippen LogP contribution in [0.15, 0.2) is 170 Å². The number of nitriles is 1. The van der Waals surface area contributed by atoms with Gasteiger partial charge in [0.25, 0.3) is 0 Å². The van der Waals surface area contributed by atoms with E-state index in [9.17, 15) is 9.65 Å². The normalized spacial score (nSPS) is 11.2. The highest BCUT2D eigenvalue weighted by Gasteiger charge is 2.20. The largest absolute Gasteiger partial charge is 0.309 e. The molecule has 5 nitrogen and oxygen atoms in total. The highest BCUT2D eigenvalue weighted by molar-refractivity contribution is 6.11. The zero-order valence-electron chi connectivity index (χ0n) is 27.8. The third-order valence-electron chi connectivity index (χ3n) is 9.38. The van der Waals surface area contributed by atoms with E-state index in [1.807, 2.05) is 115 Å². The molecule has 0 radical (unpaired) electrons. The maximum absolute atomic E-state index is 14.2. The van der Waals surface area contributed by atoms with Gasteiger partial charge in [-0.15, -0.1) is 0 Å². The molecule has 0 aliphatic carbocycles. The van der Waals surface area contributed by atoms with Crippen LogP contribution in [0.5, 0.6) is 0 Å². The van der Waals surface area contributed by atoms with Crippen molar-refractivity contribution in [2.24, 2.45) is 0 Å². The Morgan fingerprint density at radius 3 is 1.69 bits per heavy atom. The minimum atomic E-state index is -0.295. The summed E-state index contributed by atoms with van der Waals surface area (Å²) >= 11 is 0. The average Bonchev–Trinajstić information content (AvgIpc) is 3.55. The Hall–Kier alpha value is -7.23. The number of rotatable bonds is 6. The van der Waals surface area contributed by atoms with Gasteiger partial charge in [0.05, 0.1) is 28.4 Å². The molecule has 0 N–H and O–H groups in total. The van der Waals surface area contributed by atoms with Crippen molar-refractivity contribution in [1.29, 1.82) is 5.26 Å². The fourth-order valence-corrected chi connectivity index (χ4v) is 6.90. The Bertz CT molecular complexity index is 2740. The number of benzene rings is 7. The van der Waals surface area contributed by atoms with E-state index in [2.05, 4.69) is 53.1 Å². The van der Waals surface area contributed by atoms with Gasteiger partial charge >= 0.3 is 0 Å². The number of aromatic nitrogens is 4. The van der Waals surface area contributed by atoms with Crippen molar-refractivity contribution in [3.05, 3.63) is 181 Å². The molecule has 244 valence electrons. The first kappa shape index (κ1) is 30.8. The summed E-state index contributed by atoms with van der Waals surface area (Å²) in [6.45, 7) is 0. The summed E-state index contributed by atoms with van der Waals surface area (Å²) in [6, 6.07) is 57.3. The lowest BCUT2D eigenvalue weighted by atomic mass is 9.98. The van der Waals surface area contributed by atoms with Gasteiger partial charge in [0, 0.05) is 33.0 Å². The predicted molar refractivity (Wildman–Crippen MR) is 206 cm³/mol. The smallest absolute Gasteiger partial charge is 0.164 e. The Balaban J connectivity index is 1.31. The molecule has 9 rings (SSSR count). The van der Waals surface area contributed by atoms with Crippen LogP contribution in [0.2, 0.25) is 0 Å². The lowest BCUT2D eigenvalue weighted by molar-refractivity contribution is 0.628. The average molecular weight is 670 g/mol. The topological polar surface area (TPSA) is 67.4 Å². The quantitative estimate of drug-likeness (QED) is 0.177. The molecular formula is C46H28FN5. The van der Waals surface area contributed by atoms with Crippen molar-refractivity contribution >= 4 is 21.8 Å². The molecule has 0 amide bonds. The van der Waals surface area contributed by atoms with Gasteiger partial charge in [-0.3, -0.25) is 0 Å². The fraction of sp³-hybridized carbons (Fsp3) is 0. The molecule has 0 aliphatic heterocycles. The van der Waals surface area contributed by atoms with Crippen molar-refractivity contribution in [3.63, 3.8) is 0 Å². The Kier molecular flexibility index (Phi) is 7.64. The van der Waals surface area contributed by atoms with E-state index in [4.69, 9.17) is 15.0 Å². The standard InChI is InChI=1S/C46H28FN5/c47-36-23-19-30(20-24-36)38-25-21-34(46-50-44(31-11-3-1-4-12-31)49-45(51-46)32-13-5-2-6-14-32)28-43(38)52-41-18-10-9-17-39(41)40-27-33(22-26-42(40)52)37-16-8-7-15-35(37)29-48/h1-28H. The summed E-state index contributed by atoms with van der Waals surface area (Å²) in [5.41, 5.74) is 9.75. The Labute approximate surface area is 299 Å². The summed E-state index contributed by atoms with van der Waals surface area (Å²) in [5.74, 6) is 1.40. The van der Waals surface area contributed by atoms with Gasteiger partial charge in [-0.05, 0) is 59.2 Å². The van der Waals surface area contributed by atoms with E-state index in [-0.39, 0.29) is 5.82 Å². The number of para-hydroxylation sites is 1. The second-order valence-electron chi connectivity index (χ2n) is 12.5. The predicted octanol–water partition coefficient (Wildman–Crippen LogP) is 11.3. The number of hydrogen-bond acceptors (Lipinski definition) is 4. The van der Waals surface area contributed by atoms with Crippen LogP contribution in [-0.2, 0) is 0 Å². The summed E-state index contributed by atoms with van der Waals surface area (Å²) in [6.07, 6.45) is 0. The zero-order valence-corrected chi connectivity index (χ0v) is 27.8. The summed E-state index contributed by atoms with van der Waals surface area (Å²) in [5, 5.41) is 12.0. The number of hydrogen-bond donors (Lipinski definition) is 0. The molecule has 0 bridgehead atoms. The van der Waals surface area contributed by atoms with Crippen LogP contribution in [0.25, 0.3) is 83.9 Å². The van der Waals surface area contributed by atoms with Crippen molar-refractivity contribution in [2.45, 2.75) is 0 Å². The third-order valence-corrected chi connectivity index (χ3v) is 9.38. The first-order valence-electron chi connectivity index (χ1n) is 16.9. The minimum Gasteiger partial charge on any atom is -0.309 e. The second kappa shape index (κ2) is 12.9. The maximum Gasteiger partial charge on any atom is 0.164 e. The fourth-order valence-electron chi connectivity index (χ4n) is 6.90. The van der Waals surface area contributed by atoms with Crippen molar-refractivity contribution in [3.8, 4) is 68.2 Å². The lowest BCUT2D eigenvalue weighted by Gasteiger charge is -2.16. The molecule has 2 heterocycles. The van der Waals surface area contributed by atoms with Crippen molar-refractivity contribution < 1.29 is 4.39 Å². The SMILES string of the molecule is N#Cc1ccccc1-c1ccc2c(c1)c1ccccc1n2-c1cc(-c2nc(-c3ccccc3)nc(-c3ccccc3)n2)ccc1-c1ccc(F)cc1. The van der Waals surface area contributed by atoms with Crippen molar-refractivity contribution in [1.82, 2.24) is 19.5 Å². The number of fused-ring (bicyclic) bond motifs is 3. The van der Waals surface area contributed by atoms with E-state index in [0.717, 1.165) is 66.4 Å². The first-order chi connectivity index (χ1) is 25.6. The molecule has 52 heavy (non-hydrogen) atoms. The number of halogens is 1. The van der Waals surface area contributed by atoms with E-state index in [0.29, 0.717) is 23.0 Å². The first-order valence-corrected chi connectivity index (χ1v) is 16.9. The summed E-state index contributed by atoms with van der Waals surface area (Å²) in [7, 11) is 0. The zero-order chi connectivity index (χ0) is 35.0. The maximum atomic E-state index is 14.2. The van der Waals surface area contributed by atoms with Crippen LogP contribution in [-0.4, -0.2) is 19.5 Å². The van der Waals surface area contributed by atoms with Crippen LogP contribution in [0.3, 0.4) is 0 Å². The third kappa shape index (κ3) is 5.47. The molecule has 6 heteroatoms. The molecule has 0 saturated carbocycles. The highest BCUT2D eigenvalue weighted by atomic mass is 19.1. The Morgan fingerprint density at radius 2 is 1.00 bits per heavy atom. The van der Waals surface area contributed by atoms with Crippen LogP contribution in [0, 0.1) is 17.1 Å². The molecule has 0 aliphatic rings. The minimum absolute atomic E-state index is 0.295. The summed E-state index contributed by atoms with van der Waals surface area (Å²) < 4.78 is 16.5. The second-order valence-corrected chi connectivity index (χ2v) is 12.5. The molecule has 9 aromatic rings. The molecule has 0 fully saturated rings. The van der Waals surface area contributed by atoms with Gasteiger partial charge in [-0.1, -0.05) is 127 Å². The highest BCUT2D eigenvalue weighted by Crippen LogP contribution is 2.40. The monoisotopic (exact) mass is 669 g/mol. The van der Waals surface area contributed by atoms with Gasteiger partial charge in [-0.25, -0.2) is 19.3 Å². The van der Waals surface area contributed by atoms with Gasteiger partial charge in [0.2, 0.25) is 0 Å². The molecule has 0 saturated heterocycles. The molecule has 0 unspecified atom stereocenters. The molecule has 7 aromatic carbocycles. The lowest BCUT2D eigenvalue weighted by Crippen LogP contribution is -2.02. The van der Waals surface area contributed by atoms with Gasteiger partial charge in [0.15, 0.2) is 17.5 Å². The van der Waals surface area contributed by atoms with Crippen LogP contribution < -0.4 is 0 Å². The van der Waals surface area contributed by atoms with Gasteiger partial charge in [-0.2, -0.15) is 5.26 Å². The molecular weight excluding hydrogens is 642 g/mol. The van der Waals surface area contributed by atoms with Crippen LogP contribution >= 0.6 is 0 Å². The van der Waals surface area contributed by atoms with Crippen LogP contribution in [0.4, 0.5) is 4.39 Å². The van der Waals surface area contributed by atoms with Crippen LogP contribution in [0.1, 0.15) is 5.56 Å². The van der Waals surface area contributed by atoms with E-state index in [1.165, 1.54) is 12.1 Å². The van der Waals surface area contributed by atoms with E-state index < -0.39 is 0 Å². The number of nitrogens with zero attached hydrogens (tertiary/aromatic N) is 5. The van der Waals surface area contributed by atoms with Crippen molar-refractivity contribution in [2.75, 3.05) is 0 Å². The van der Waals surface area contributed by atoms with E-state index >= 15 is 0 Å².